The van der Waals surface area contributed by atoms with Gasteiger partial charge in [0.25, 0.3) is 0 Å². The number of imidazole rings is 1. The van der Waals surface area contributed by atoms with Crippen molar-refractivity contribution in [2.75, 3.05) is 19.6 Å². The molecule has 0 N–H and O–H groups in total. The second-order valence-corrected chi connectivity index (χ2v) is 7.13. The molecule has 0 spiro atoms. The second-order valence-electron chi connectivity index (χ2n) is 7.13. The average molecular weight is 364 g/mol. The maximum atomic E-state index is 13.4. The third-order valence-corrected chi connectivity index (χ3v) is 5.23. The largest absolute Gasteiger partial charge is 0.330 e. The smallest absolute Gasteiger partial charge is 0.123 e. The molecule has 0 saturated carbocycles. The minimum absolute atomic E-state index is 0.222. The van der Waals surface area contributed by atoms with Crippen molar-refractivity contribution in [1.29, 1.82) is 0 Å². The molecular formula is C22H25FN4. The summed E-state index contributed by atoms with van der Waals surface area (Å²) in [6.07, 6.45) is 10.5. The Hall–Kier alpha value is -2.53. The first kappa shape index (κ1) is 17.9. The molecule has 0 radical (unpaired) electrons. The number of aromatic nitrogens is 3. The lowest BCUT2D eigenvalue weighted by atomic mass is 10.1. The Bertz CT molecular complexity index is 852. The van der Waals surface area contributed by atoms with Crippen molar-refractivity contribution in [2.24, 2.45) is 0 Å². The van der Waals surface area contributed by atoms with Crippen LogP contribution in [0.1, 0.15) is 25.7 Å². The van der Waals surface area contributed by atoms with Crippen molar-refractivity contribution in [3.63, 3.8) is 0 Å². The monoisotopic (exact) mass is 364 g/mol. The highest BCUT2D eigenvalue weighted by atomic mass is 19.1. The summed E-state index contributed by atoms with van der Waals surface area (Å²) in [5.41, 5.74) is 3.97. The molecule has 1 saturated heterocycles. The summed E-state index contributed by atoms with van der Waals surface area (Å²) in [5, 5.41) is 0. The first-order chi connectivity index (χ1) is 13.3. The normalized spacial score (nSPS) is 15.1. The third kappa shape index (κ3) is 4.25. The van der Waals surface area contributed by atoms with Crippen molar-refractivity contribution in [1.82, 2.24) is 19.4 Å². The highest BCUT2D eigenvalue weighted by Crippen LogP contribution is 2.31. The van der Waals surface area contributed by atoms with Gasteiger partial charge in [0.2, 0.25) is 0 Å². The zero-order valence-corrected chi connectivity index (χ0v) is 15.5. The van der Waals surface area contributed by atoms with Gasteiger partial charge in [0.05, 0.1) is 17.7 Å². The third-order valence-electron chi connectivity index (χ3n) is 5.23. The number of hydrogen-bond donors (Lipinski definition) is 0. The van der Waals surface area contributed by atoms with Crippen LogP contribution in [0.4, 0.5) is 4.39 Å². The maximum absolute atomic E-state index is 13.4. The highest BCUT2D eigenvalue weighted by molar-refractivity contribution is 5.78. The summed E-state index contributed by atoms with van der Waals surface area (Å²) in [6.45, 7) is 4.46. The molecule has 4 rings (SSSR count). The highest BCUT2D eigenvalue weighted by Gasteiger charge is 2.16. The van der Waals surface area contributed by atoms with Gasteiger partial charge in [-0.15, -0.1) is 0 Å². The molecule has 1 aromatic carbocycles. The molecule has 140 valence electrons. The molecule has 1 aliphatic rings. The Kier molecular flexibility index (Phi) is 5.58. The number of piperidine rings is 1. The molecule has 1 aliphatic heterocycles. The lowest BCUT2D eigenvalue weighted by Gasteiger charge is -2.26. The van der Waals surface area contributed by atoms with Gasteiger partial charge < -0.3 is 9.47 Å². The number of benzene rings is 1. The Morgan fingerprint density at radius 1 is 0.852 bits per heavy atom. The predicted octanol–water partition coefficient (Wildman–Crippen LogP) is 4.63. The number of nitrogens with zero attached hydrogens (tertiary/aromatic N) is 4. The quantitative estimate of drug-likeness (QED) is 0.640. The first-order valence-corrected chi connectivity index (χ1v) is 9.75. The molecule has 0 aliphatic carbocycles. The fourth-order valence-corrected chi connectivity index (χ4v) is 3.83. The molecule has 2 aromatic heterocycles. The van der Waals surface area contributed by atoms with E-state index in [1.165, 1.54) is 44.5 Å². The molecule has 1 fully saturated rings. The van der Waals surface area contributed by atoms with Crippen LogP contribution in [-0.2, 0) is 6.54 Å². The standard InChI is InChI=1S/C22H25FN4/c23-20-7-5-19(6-8-20)22-21(18-9-11-24-12-10-18)25-17-27(22)16-4-15-26-13-2-1-3-14-26/h5-12,17H,1-4,13-16H2. The summed E-state index contributed by atoms with van der Waals surface area (Å²) >= 11 is 0. The Balaban J connectivity index is 1.59. The summed E-state index contributed by atoms with van der Waals surface area (Å²) in [4.78, 5) is 11.3. The van der Waals surface area contributed by atoms with Crippen molar-refractivity contribution in [3.8, 4) is 22.5 Å². The topological polar surface area (TPSA) is 34.0 Å². The zero-order chi connectivity index (χ0) is 18.5. The fourth-order valence-electron chi connectivity index (χ4n) is 3.83. The van der Waals surface area contributed by atoms with Crippen LogP contribution in [-0.4, -0.2) is 39.1 Å². The summed E-state index contributed by atoms with van der Waals surface area (Å²) < 4.78 is 15.6. The molecule has 4 nitrogen and oxygen atoms in total. The Labute approximate surface area is 159 Å². The number of likely N-dealkylation sites (tertiary alicyclic amines) is 1. The van der Waals surface area contributed by atoms with Crippen LogP contribution in [0, 0.1) is 5.82 Å². The van der Waals surface area contributed by atoms with Crippen LogP contribution in [0.2, 0.25) is 0 Å². The summed E-state index contributed by atoms with van der Waals surface area (Å²) in [5.74, 6) is -0.222. The number of halogens is 1. The number of hydrogen-bond acceptors (Lipinski definition) is 3. The van der Waals surface area contributed by atoms with E-state index in [1.54, 1.807) is 12.4 Å². The number of rotatable bonds is 6. The van der Waals surface area contributed by atoms with E-state index in [2.05, 4.69) is 19.4 Å². The van der Waals surface area contributed by atoms with Crippen molar-refractivity contribution in [2.45, 2.75) is 32.2 Å². The van der Waals surface area contributed by atoms with E-state index < -0.39 is 0 Å². The molecular weight excluding hydrogens is 339 g/mol. The van der Waals surface area contributed by atoms with Crippen molar-refractivity contribution >= 4 is 0 Å². The number of aryl methyl sites for hydroxylation is 1. The van der Waals surface area contributed by atoms with Gasteiger partial charge in [0.15, 0.2) is 0 Å². The van der Waals surface area contributed by atoms with Crippen LogP contribution in [0.15, 0.2) is 55.1 Å². The van der Waals surface area contributed by atoms with Crippen molar-refractivity contribution in [3.05, 3.63) is 60.9 Å². The van der Waals surface area contributed by atoms with Crippen molar-refractivity contribution < 1.29 is 4.39 Å². The molecule has 3 heterocycles. The Morgan fingerprint density at radius 2 is 1.59 bits per heavy atom. The van der Waals surface area contributed by atoms with Gasteiger partial charge in [0, 0.05) is 30.1 Å². The van der Waals surface area contributed by atoms with Gasteiger partial charge in [-0.3, -0.25) is 4.98 Å². The van der Waals surface area contributed by atoms with Gasteiger partial charge in [-0.05, 0) is 75.3 Å². The SMILES string of the molecule is Fc1ccc(-c2c(-c3ccncc3)ncn2CCCN2CCCCC2)cc1. The van der Waals surface area contributed by atoms with Crippen LogP contribution < -0.4 is 0 Å². The zero-order valence-electron chi connectivity index (χ0n) is 15.5. The number of pyridine rings is 1. The fraction of sp³-hybridized carbons (Fsp3) is 0.364. The lowest BCUT2D eigenvalue weighted by molar-refractivity contribution is 0.223. The molecule has 0 bridgehead atoms. The lowest BCUT2D eigenvalue weighted by Crippen LogP contribution is -2.31. The molecule has 5 heteroatoms. The van der Waals surface area contributed by atoms with E-state index >= 15 is 0 Å². The first-order valence-electron chi connectivity index (χ1n) is 9.75. The molecule has 27 heavy (non-hydrogen) atoms. The van der Waals surface area contributed by atoms with Crippen LogP contribution in [0.3, 0.4) is 0 Å². The van der Waals surface area contributed by atoms with Gasteiger partial charge in [-0.25, -0.2) is 9.37 Å². The van der Waals surface area contributed by atoms with E-state index in [0.717, 1.165) is 42.0 Å². The Morgan fingerprint density at radius 3 is 2.33 bits per heavy atom. The van der Waals surface area contributed by atoms with Crippen LogP contribution in [0.25, 0.3) is 22.5 Å². The second kappa shape index (κ2) is 8.44. The van der Waals surface area contributed by atoms with E-state index in [4.69, 9.17) is 0 Å². The van der Waals surface area contributed by atoms with Gasteiger partial charge >= 0.3 is 0 Å². The molecule has 0 atom stereocenters. The maximum Gasteiger partial charge on any atom is 0.123 e. The van der Waals surface area contributed by atoms with Crippen LogP contribution in [0.5, 0.6) is 0 Å². The molecule has 0 unspecified atom stereocenters. The van der Waals surface area contributed by atoms with E-state index in [9.17, 15) is 4.39 Å². The minimum Gasteiger partial charge on any atom is -0.330 e. The van der Waals surface area contributed by atoms with Gasteiger partial charge in [-0.2, -0.15) is 0 Å². The van der Waals surface area contributed by atoms with Crippen LogP contribution >= 0.6 is 0 Å². The molecule has 0 amide bonds. The molecule has 3 aromatic rings. The van der Waals surface area contributed by atoms with Gasteiger partial charge in [-0.1, -0.05) is 6.42 Å². The predicted molar refractivity (Wildman–Crippen MR) is 106 cm³/mol. The van der Waals surface area contributed by atoms with E-state index in [0.29, 0.717) is 0 Å². The average Bonchev–Trinajstić information content (AvgIpc) is 3.14. The summed E-state index contributed by atoms with van der Waals surface area (Å²) in [7, 11) is 0. The van der Waals surface area contributed by atoms with E-state index in [-0.39, 0.29) is 5.82 Å². The van der Waals surface area contributed by atoms with Gasteiger partial charge in [0.1, 0.15) is 5.82 Å². The minimum atomic E-state index is -0.222. The summed E-state index contributed by atoms with van der Waals surface area (Å²) in [6, 6.07) is 10.6. The van der Waals surface area contributed by atoms with E-state index in [1.807, 2.05) is 30.6 Å².